The Bertz CT molecular complexity index is 1950. The number of thiophene rings is 1. The summed E-state index contributed by atoms with van der Waals surface area (Å²) in [7, 11) is 0. The second-order valence-electron chi connectivity index (χ2n) is 9.19. The molecule has 0 saturated heterocycles. The van der Waals surface area contributed by atoms with Gasteiger partial charge in [-0.3, -0.25) is 4.57 Å². The predicted octanol–water partition coefficient (Wildman–Crippen LogP) is 8.50. The van der Waals surface area contributed by atoms with Gasteiger partial charge < -0.3 is 4.98 Å². The number of imidazole rings is 1. The minimum atomic E-state index is 0.957. The molecule has 0 saturated carbocycles. The molecule has 3 nitrogen and oxygen atoms in total. The second kappa shape index (κ2) is 7.17. The van der Waals surface area contributed by atoms with Crippen LogP contribution in [0.3, 0.4) is 0 Å². The van der Waals surface area contributed by atoms with E-state index < -0.39 is 0 Å². The number of para-hydroxylation sites is 4. The van der Waals surface area contributed by atoms with Crippen LogP contribution in [0, 0.1) is 0 Å². The predicted molar refractivity (Wildman–Crippen MR) is 149 cm³/mol. The number of hydrogen-bond acceptors (Lipinski definition) is 2. The van der Waals surface area contributed by atoms with Gasteiger partial charge in [-0.15, -0.1) is 11.3 Å². The summed E-state index contributed by atoms with van der Waals surface area (Å²) in [5.41, 5.74) is 8.11. The summed E-state index contributed by atoms with van der Waals surface area (Å²) < 4.78 is 3.64. The van der Waals surface area contributed by atoms with E-state index in [1.54, 1.807) is 0 Å². The molecule has 0 amide bonds. The Morgan fingerprint density at radius 2 is 1.66 bits per heavy atom. The third-order valence-electron chi connectivity index (χ3n) is 7.21. The van der Waals surface area contributed by atoms with E-state index in [-0.39, 0.29) is 0 Å². The first-order valence-corrected chi connectivity index (χ1v) is 12.9. The van der Waals surface area contributed by atoms with Crippen LogP contribution >= 0.6 is 11.3 Å². The third-order valence-corrected chi connectivity index (χ3v) is 8.44. The monoisotopic (exact) mass is 467 g/mol. The van der Waals surface area contributed by atoms with E-state index in [1.807, 2.05) is 11.3 Å². The summed E-state index contributed by atoms with van der Waals surface area (Å²) >= 11 is 1.94. The summed E-state index contributed by atoms with van der Waals surface area (Å²) in [6.07, 6.45) is 6.90. The van der Waals surface area contributed by atoms with E-state index in [2.05, 4.69) is 107 Å². The van der Waals surface area contributed by atoms with Crippen molar-refractivity contribution in [1.29, 1.82) is 0 Å². The third kappa shape index (κ3) is 2.69. The lowest BCUT2D eigenvalue weighted by atomic mass is 10.0. The Morgan fingerprint density at radius 3 is 2.60 bits per heavy atom. The van der Waals surface area contributed by atoms with E-state index >= 15 is 0 Å². The van der Waals surface area contributed by atoms with Gasteiger partial charge in [-0.25, -0.2) is 4.98 Å². The number of fused-ring (bicyclic) bond motifs is 8. The van der Waals surface area contributed by atoms with Crippen molar-refractivity contribution in [2.24, 2.45) is 0 Å². The molecule has 1 aliphatic carbocycles. The van der Waals surface area contributed by atoms with Crippen LogP contribution in [-0.2, 0) is 6.42 Å². The minimum Gasteiger partial charge on any atom is -0.353 e. The number of nitrogens with one attached hydrogen (secondary N) is 1. The first kappa shape index (κ1) is 19.2. The molecule has 4 aromatic carbocycles. The van der Waals surface area contributed by atoms with Gasteiger partial charge >= 0.3 is 0 Å². The summed E-state index contributed by atoms with van der Waals surface area (Å²) in [5, 5.41) is 3.87. The van der Waals surface area contributed by atoms with Crippen LogP contribution in [0.1, 0.15) is 16.9 Å². The van der Waals surface area contributed by atoms with Crippen LogP contribution in [0.2, 0.25) is 0 Å². The van der Waals surface area contributed by atoms with Gasteiger partial charge in [0.15, 0.2) is 0 Å². The van der Waals surface area contributed by atoms with Crippen molar-refractivity contribution in [3.63, 3.8) is 0 Å². The molecule has 166 valence electrons. The van der Waals surface area contributed by atoms with Crippen LogP contribution in [0.5, 0.6) is 0 Å². The summed E-state index contributed by atoms with van der Waals surface area (Å²) in [4.78, 5) is 10.5. The molecule has 1 N–H and O–H groups in total. The number of hydrogen-bond donors (Lipinski definition) is 1. The smallest absolute Gasteiger partial charge is 0.147 e. The maximum Gasteiger partial charge on any atom is 0.147 e. The molecule has 0 radical (unpaired) electrons. The molecule has 0 bridgehead atoms. The highest BCUT2D eigenvalue weighted by Gasteiger charge is 2.21. The minimum absolute atomic E-state index is 0.957. The average Bonchev–Trinajstić information content (AvgIpc) is 3.59. The quantitative estimate of drug-likeness (QED) is 0.272. The molecule has 0 unspecified atom stereocenters. The van der Waals surface area contributed by atoms with Crippen molar-refractivity contribution >= 4 is 60.3 Å². The van der Waals surface area contributed by atoms with Crippen LogP contribution in [0.15, 0.2) is 91.0 Å². The van der Waals surface area contributed by atoms with Gasteiger partial charge in [0.1, 0.15) is 5.82 Å². The van der Waals surface area contributed by atoms with E-state index in [9.17, 15) is 0 Å². The number of aromatic amines is 1. The lowest BCUT2D eigenvalue weighted by molar-refractivity contribution is 1.02. The Kier molecular flexibility index (Phi) is 3.93. The topological polar surface area (TPSA) is 33.6 Å². The number of nitrogens with zero attached hydrogens (tertiary/aromatic N) is 2. The zero-order valence-corrected chi connectivity index (χ0v) is 19.8. The maximum atomic E-state index is 5.14. The molecular formula is C31H21N3S. The fraction of sp³-hybridized carbons (Fsp3) is 0.0645. The van der Waals surface area contributed by atoms with Crippen molar-refractivity contribution in [3.8, 4) is 17.1 Å². The zero-order valence-electron chi connectivity index (χ0n) is 19.0. The van der Waals surface area contributed by atoms with Crippen LogP contribution in [-0.4, -0.2) is 14.5 Å². The van der Waals surface area contributed by atoms with Gasteiger partial charge in [0, 0.05) is 37.0 Å². The second-order valence-corrected chi connectivity index (χ2v) is 10.3. The van der Waals surface area contributed by atoms with E-state index in [0.717, 1.165) is 46.5 Å². The Labute approximate surface area is 206 Å². The zero-order chi connectivity index (χ0) is 22.9. The van der Waals surface area contributed by atoms with Crippen molar-refractivity contribution in [2.75, 3.05) is 0 Å². The lowest BCUT2D eigenvalue weighted by Crippen LogP contribution is -1.97. The number of aromatic nitrogens is 3. The Balaban J connectivity index is 1.48. The summed E-state index contributed by atoms with van der Waals surface area (Å²) in [6.45, 7) is 0. The molecular weight excluding hydrogens is 446 g/mol. The van der Waals surface area contributed by atoms with Gasteiger partial charge in [0.05, 0.1) is 22.1 Å². The van der Waals surface area contributed by atoms with E-state index in [1.165, 1.54) is 36.8 Å². The summed E-state index contributed by atoms with van der Waals surface area (Å²) in [5.74, 6) is 0.957. The lowest BCUT2D eigenvalue weighted by Gasteiger charge is -2.10. The van der Waals surface area contributed by atoms with E-state index in [4.69, 9.17) is 4.98 Å². The largest absolute Gasteiger partial charge is 0.353 e. The standard InChI is InChI=1S/C31H21N3S/c1-2-9-19(10-3-1)34-25-15-6-5-14-24(25)32-31(34)23-13-8-12-20-21-17-18-27-28(30(21)33-29(20)23)22-11-4-7-16-26(22)35-27/h1-6,8-15,17-18,33H,7,16H2. The van der Waals surface area contributed by atoms with Crippen LogP contribution in [0.25, 0.3) is 66.1 Å². The molecule has 3 heterocycles. The number of H-pyrrole nitrogens is 1. The van der Waals surface area contributed by atoms with Gasteiger partial charge in [-0.05, 0) is 54.8 Å². The molecule has 0 aliphatic heterocycles. The van der Waals surface area contributed by atoms with Crippen molar-refractivity contribution in [1.82, 2.24) is 14.5 Å². The van der Waals surface area contributed by atoms with Gasteiger partial charge in [-0.2, -0.15) is 0 Å². The SMILES string of the molecule is C1=Cc2c(sc3ccc4c5cccc(-c6nc7ccccc7n6-c6ccccc6)c5[nH]c4c23)CC1. The molecule has 3 aromatic heterocycles. The molecule has 4 heteroatoms. The molecule has 0 spiro atoms. The molecule has 7 aromatic rings. The number of benzene rings is 4. The number of aryl methyl sites for hydroxylation is 1. The van der Waals surface area contributed by atoms with Gasteiger partial charge in [0.25, 0.3) is 0 Å². The van der Waals surface area contributed by atoms with E-state index in [0.29, 0.717) is 0 Å². The summed E-state index contributed by atoms with van der Waals surface area (Å²) in [6, 6.07) is 30.1. The van der Waals surface area contributed by atoms with Gasteiger partial charge in [-0.1, -0.05) is 60.7 Å². The highest BCUT2D eigenvalue weighted by Crippen LogP contribution is 2.43. The molecule has 8 rings (SSSR count). The fourth-order valence-corrected chi connectivity index (χ4v) is 6.88. The Hall–Kier alpha value is -4.15. The normalized spacial score (nSPS) is 13.4. The van der Waals surface area contributed by atoms with Crippen molar-refractivity contribution in [3.05, 3.63) is 101 Å². The van der Waals surface area contributed by atoms with Gasteiger partial charge in [0.2, 0.25) is 0 Å². The first-order valence-electron chi connectivity index (χ1n) is 12.1. The average molecular weight is 468 g/mol. The number of allylic oxidation sites excluding steroid dienone is 1. The highest BCUT2D eigenvalue weighted by molar-refractivity contribution is 7.19. The maximum absolute atomic E-state index is 5.14. The Morgan fingerprint density at radius 1 is 0.800 bits per heavy atom. The first-order chi connectivity index (χ1) is 17.4. The highest BCUT2D eigenvalue weighted by atomic mass is 32.1. The van der Waals surface area contributed by atoms with Crippen LogP contribution in [0.4, 0.5) is 0 Å². The molecule has 0 fully saturated rings. The number of rotatable bonds is 2. The molecule has 0 atom stereocenters. The molecule has 35 heavy (non-hydrogen) atoms. The van der Waals surface area contributed by atoms with Crippen molar-refractivity contribution < 1.29 is 0 Å². The van der Waals surface area contributed by atoms with Crippen LogP contribution < -0.4 is 0 Å². The molecule has 1 aliphatic rings. The van der Waals surface area contributed by atoms with Crippen molar-refractivity contribution in [2.45, 2.75) is 12.8 Å². The fourth-order valence-electron chi connectivity index (χ4n) is 5.66.